The maximum Gasteiger partial charge on any atom is 0.168 e. The first-order valence-electron chi connectivity index (χ1n) is 7.70. The first-order chi connectivity index (χ1) is 9.38. The maximum absolute atomic E-state index is 12.2. The van der Waals surface area contributed by atoms with Gasteiger partial charge in [-0.1, -0.05) is 57.9 Å². The van der Waals surface area contributed by atoms with Gasteiger partial charge in [0.1, 0.15) is 0 Å². The van der Waals surface area contributed by atoms with E-state index in [1.807, 2.05) is 45.0 Å². The van der Waals surface area contributed by atoms with Crippen molar-refractivity contribution in [3.05, 3.63) is 35.4 Å². The predicted molar refractivity (Wildman–Crippen MR) is 81.9 cm³/mol. The highest BCUT2D eigenvalue weighted by molar-refractivity contribution is 5.99. The zero-order valence-corrected chi connectivity index (χ0v) is 12.9. The molecule has 1 aromatic carbocycles. The molecular formula is C18H26O2. The van der Waals surface area contributed by atoms with Crippen molar-refractivity contribution in [1.82, 2.24) is 0 Å². The summed E-state index contributed by atoms with van der Waals surface area (Å²) in [4.78, 5) is 12.2. The smallest absolute Gasteiger partial charge is 0.168 e. The molecule has 1 N–H and O–H groups in total. The molecule has 0 heterocycles. The van der Waals surface area contributed by atoms with Crippen molar-refractivity contribution in [2.45, 2.75) is 59.0 Å². The van der Waals surface area contributed by atoms with E-state index in [9.17, 15) is 9.90 Å². The van der Waals surface area contributed by atoms with Crippen LogP contribution in [0.1, 0.15) is 62.4 Å². The minimum Gasteiger partial charge on any atom is -0.392 e. The molecule has 1 saturated carbocycles. The highest BCUT2D eigenvalue weighted by atomic mass is 16.3. The van der Waals surface area contributed by atoms with E-state index in [4.69, 9.17) is 0 Å². The van der Waals surface area contributed by atoms with E-state index < -0.39 is 0 Å². The first-order valence-corrected chi connectivity index (χ1v) is 7.70. The van der Waals surface area contributed by atoms with Crippen LogP contribution < -0.4 is 0 Å². The third-order valence-corrected chi connectivity index (χ3v) is 4.29. The molecule has 0 bridgehead atoms. The number of carbonyl (C=O) groups is 1. The van der Waals surface area contributed by atoms with Crippen LogP contribution in [-0.4, -0.2) is 17.0 Å². The van der Waals surface area contributed by atoms with E-state index in [1.54, 1.807) is 0 Å². The minimum atomic E-state index is -0.342. The summed E-state index contributed by atoms with van der Waals surface area (Å²) >= 11 is 0. The number of hydrogen-bond acceptors (Lipinski definition) is 2. The van der Waals surface area contributed by atoms with Gasteiger partial charge in [-0.25, -0.2) is 0 Å². The van der Waals surface area contributed by atoms with Gasteiger partial charge in [0, 0.05) is 11.0 Å². The number of carbonyl (C=O) groups excluding carboxylic acids is 1. The number of ketones is 1. The molecule has 1 atom stereocenters. The molecule has 0 radical (unpaired) electrons. The van der Waals surface area contributed by atoms with E-state index in [0.29, 0.717) is 12.3 Å². The lowest BCUT2D eigenvalue weighted by atomic mass is 9.86. The van der Waals surface area contributed by atoms with Gasteiger partial charge in [-0.05, 0) is 30.7 Å². The van der Waals surface area contributed by atoms with Gasteiger partial charge in [0.25, 0.3) is 0 Å². The fraction of sp³-hybridized carbons (Fsp3) is 0.611. The van der Waals surface area contributed by atoms with Crippen LogP contribution in [0.25, 0.3) is 0 Å². The summed E-state index contributed by atoms with van der Waals surface area (Å²) in [5.41, 5.74) is 1.54. The van der Waals surface area contributed by atoms with Crippen LogP contribution in [0.15, 0.2) is 24.3 Å². The Labute approximate surface area is 122 Å². The van der Waals surface area contributed by atoms with Gasteiger partial charge in [0.15, 0.2) is 5.78 Å². The number of aliphatic hydroxyl groups is 1. The van der Waals surface area contributed by atoms with Crippen LogP contribution in [0, 0.1) is 11.3 Å². The zero-order valence-electron chi connectivity index (χ0n) is 12.9. The Morgan fingerprint density at radius 2 is 1.75 bits per heavy atom. The number of Topliss-reactive ketones (excluding diaryl/α,β-unsaturated/α-hetero) is 1. The summed E-state index contributed by atoms with van der Waals surface area (Å²) in [6.45, 7) is 5.81. The Morgan fingerprint density at radius 3 is 2.25 bits per heavy atom. The van der Waals surface area contributed by atoms with Gasteiger partial charge in [-0.15, -0.1) is 0 Å². The van der Waals surface area contributed by atoms with Crippen molar-refractivity contribution in [2.75, 3.05) is 0 Å². The molecule has 0 spiro atoms. The number of hydrogen-bond donors (Lipinski definition) is 1. The molecule has 2 nitrogen and oxygen atoms in total. The third-order valence-electron chi connectivity index (χ3n) is 4.29. The van der Waals surface area contributed by atoms with Crippen LogP contribution in [-0.2, 0) is 6.42 Å². The lowest BCUT2D eigenvalue weighted by Gasteiger charge is -2.19. The van der Waals surface area contributed by atoms with Crippen molar-refractivity contribution < 1.29 is 9.90 Å². The Balaban J connectivity index is 1.99. The molecule has 1 aliphatic carbocycles. The third kappa shape index (κ3) is 3.69. The highest BCUT2D eigenvalue weighted by Crippen LogP contribution is 2.29. The van der Waals surface area contributed by atoms with Gasteiger partial charge in [-0.2, -0.15) is 0 Å². The summed E-state index contributed by atoms with van der Waals surface area (Å²) in [6.07, 6.45) is 5.28. The normalized spacial score (nSPS) is 18.2. The summed E-state index contributed by atoms with van der Waals surface area (Å²) in [7, 11) is 0. The van der Waals surface area contributed by atoms with Gasteiger partial charge < -0.3 is 5.11 Å². The lowest BCUT2D eigenvalue weighted by molar-refractivity contribution is 0.0858. The monoisotopic (exact) mass is 274 g/mol. The number of benzene rings is 1. The Hall–Kier alpha value is -1.15. The Kier molecular flexibility index (Phi) is 4.64. The summed E-state index contributed by atoms with van der Waals surface area (Å²) < 4.78 is 0. The van der Waals surface area contributed by atoms with Gasteiger partial charge in [0.2, 0.25) is 0 Å². The molecule has 0 aromatic heterocycles. The zero-order chi connectivity index (χ0) is 14.8. The fourth-order valence-electron chi connectivity index (χ4n) is 2.98. The predicted octanol–water partition coefficient (Wildman–Crippen LogP) is 4.01. The molecule has 0 aliphatic heterocycles. The van der Waals surface area contributed by atoms with Crippen molar-refractivity contribution in [2.24, 2.45) is 11.3 Å². The molecule has 0 unspecified atom stereocenters. The summed E-state index contributed by atoms with van der Waals surface area (Å²) in [5.74, 6) is 0.631. The van der Waals surface area contributed by atoms with Gasteiger partial charge in [-0.3, -0.25) is 4.79 Å². The molecule has 1 aromatic rings. The van der Waals surface area contributed by atoms with E-state index in [1.165, 1.54) is 12.8 Å². The van der Waals surface area contributed by atoms with E-state index in [-0.39, 0.29) is 17.3 Å². The van der Waals surface area contributed by atoms with Crippen LogP contribution in [0.3, 0.4) is 0 Å². The largest absolute Gasteiger partial charge is 0.392 e. The topological polar surface area (TPSA) is 37.3 Å². The average Bonchev–Trinajstić information content (AvgIpc) is 2.91. The standard InChI is InChI=1S/C18H26O2/c1-18(2,3)17(20)15-10-8-13(9-11-15)12-16(19)14-6-4-5-7-14/h8-11,14,16,19H,4-7,12H2,1-3H3/t16-/m1/s1. The van der Waals surface area contributed by atoms with Gasteiger partial charge in [0.05, 0.1) is 6.10 Å². The average molecular weight is 274 g/mol. The first kappa shape index (κ1) is 15.2. The van der Waals surface area contributed by atoms with Crippen molar-refractivity contribution in [1.29, 1.82) is 0 Å². The van der Waals surface area contributed by atoms with Crippen LogP contribution in [0.5, 0.6) is 0 Å². The molecular weight excluding hydrogens is 248 g/mol. The lowest BCUT2D eigenvalue weighted by Crippen LogP contribution is -2.21. The molecule has 1 aliphatic rings. The van der Waals surface area contributed by atoms with Crippen molar-refractivity contribution in [3.8, 4) is 0 Å². The molecule has 2 rings (SSSR count). The number of aliphatic hydroxyl groups excluding tert-OH is 1. The van der Waals surface area contributed by atoms with Crippen molar-refractivity contribution in [3.63, 3.8) is 0 Å². The molecule has 1 fully saturated rings. The second kappa shape index (κ2) is 6.09. The molecule has 20 heavy (non-hydrogen) atoms. The maximum atomic E-state index is 12.2. The number of rotatable bonds is 4. The molecule has 0 amide bonds. The van der Waals surface area contributed by atoms with E-state index >= 15 is 0 Å². The summed E-state index contributed by atoms with van der Waals surface area (Å²) in [6, 6.07) is 7.75. The minimum absolute atomic E-state index is 0.167. The van der Waals surface area contributed by atoms with E-state index in [2.05, 4.69) is 0 Å². The van der Waals surface area contributed by atoms with Crippen LogP contribution in [0.4, 0.5) is 0 Å². The quantitative estimate of drug-likeness (QED) is 0.842. The molecule has 2 heteroatoms. The summed E-state index contributed by atoms with van der Waals surface area (Å²) in [5, 5.41) is 10.2. The molecule has 110 valence electrons. The Bertz CT molecular complexity index is 447. The van der Waals surface area contributed by atoms with Gasteiger partial charge >= 0.3 is 0 Å². The Morgan fingerprint density at radius 1 is 1.20 bits per heavy atom. The molecule has 0 saturated heterocycles. The fourth-order valence-corrected chi connectivity index (χ4v) is 2.98. The van der Waals surface area contributed by atoms with Crippen LogP contribution in [0.2, 0.25) is 0 Å². The second-order valence-electron chi connectivity index (χ2n) is 7.09. The highest BCUT2D eigenvalue weighted by Gasteiger charge is 2.24. The second-order valence-corrected chi connectivity index (χ2v) is 7.09. The SMILES string of the molecule is CC(C)(C)C(=O)c1ccc(C[C@@H](O)C2CCCC2)cc1. The van der Waals surface area contributed by atoms with Crippen molar-refractivity contribution >= 4 is 5.78 Å². The van der Waals surface area contributed by atoms with E-state index in [0.717, 1.165) is 24.0 Å². The van der Waals surface area contributed by atoms with Crippen LogP contribution >= 0.6 is 0 Å².